The van der Waals surface area contributed by atoms with E-state index in [1.54, 1.807) is 12.1 Å². The molecule has 0 radical (unpaired) electrons. The van der Waals surface area contributed by atoms with Crippen LogP contribution in [-0.4, -0.2) is 47.6 Å². The van der Waals surface area contributed by atoms with Crippen LogP contribution in [0, 0.1) is 0 Å². The number of likely N-dealkylation sites (N-methyl/N-ethyl adjacent to an activating group) is 1. The fourth-order valence-corrected chi connectivity index (χ4v) is 2.61. The molecule has 0 aromatic heterocycles. The number of nitrogens with zero attached hydrogens (tertiary/aromatic N) is 2. The number of rotatable bonds is 2. The molecule has 0 saturated carbocycles. The molecule has 100 valence electrons. The van der Waals surface area contributed by atoms with Crippen molar-refractivity contribution in [2.24, 2.45) is 0 Å². The van der Waals surface area contributed by atoms with Gasteiger partial charge in [-0.25, -0.2) is 0 Å². The fraction of sp³-hybridized carbons (Fsp3) is 0.571. The molecule has 1 aromatic rings. The molecule has 2 rings (SSSR count). The summed E-state index contributed by atoms with van der Waals surface area (Å²) >= 11 is 0. The third-order valence-electron chi connectivity index (χ3n) is 3.66. The number of aromatic hydroxyl groups is 1. The number of nitrogen functional groups attached to an aromatic ring is 1. The second-order valence-electron chi connectivity index (χ2n) is 5.32. The zero-order valence-corrected chi connectivity index (χ0v) is 11.3. The van der Waals surface area contributed by atoms with Gasteiger partial charge in [0.05, 0.1) is 0 Å². The smallest absolute Gasteiger partial charge is 0.120 e. The molecule has 4 heteroatoms. The van der Waals surface area contributed by atoms with Crippen molar-refractivity contribution in [3.63, 3.8) is 0 Å². The largest absolute Gasteiger partial charge is 0.508 e. The Morgan fingerprint density at radius 3 is 2.94 bits per heavy atom. The number of phenolic OH excluding ortho intramolecular Hbond substituents is 1. The number of nitrogens with two attached hydrogens (primary N) is 1. The van der Waals surface area contributed by atoms with Gasteiger partial charge < -0.3 is 15.7 Å². The van der Waals surface area contributed by atoms with Crippen LogP contribution in [0.4, 0.5) is 5.69 Å². The lowest BCUT2D eigenvalue weighted by molar-refractivity contribution is 0.193. The molecule has 1 saturated heterocycles. The van der Waals surface area contributed by atoms with Crippen molar-refractivity contribution in [1.29, 1.82) is 0 Å². The molecule has 1 aliphatic heterocycles. The molecule has 0 aliphatic carbocycles. The Balaban J connectivity index is 2.09. The highest BCUT2D eigenvalue weighted by molar-refractivity contribution is 5.47. The van der Waals surface area contributed by atoms with Crippen LogP contribution in [0.3, 0.4) is 0 Å². The minimum absolute atomic E-state index is 0.342. The molecule has 0 bridgehead atoms. The minimum atomic E-state index is 0.342. The average molecular weight is 249 g/mol. The van der Waals surface area contributed by atoms with Crippen LogP contribution in [0.2, 0.25) is 0 Å². The minimum Gasteiger partial charge on any atom is -0.508 e. The Morgan fingerprint density at radius 1 is 1.39 bits per heavy atom. The van der Waals surface area contributed by atoms with Gasteiger partial charge in [0.2, 0.25) is 0 Å². The lowest BCUT2D eigenvalue weighted by Gasteiger charge is -2.28. The molecule has 0 amide bonds. The summed E-state index contributed by atoms with van der Waals surface area (Å²) in [6.07, 6.45) is 1.17. The van der Waals surface area contributed by atoms with Crippen molar-refractivity contribution in [3.05, 3.63) is 23.8 Å². The predicted molar refractivity (Wildman–Crippen MR) is 74.5 cm³/mol. The summed E-state index contributed by atoms with van der Waals surface area (Å²) in [5.41, 5.74) is 7.42. The normalized spacial score (nSPS) is 22.9. The van der Waals surface area contributed by atoms with Crippen LogP contribution in [0.15, 0.2) is 18.2 Å². The highest BCUT2D eigenvalue weighted by Gasteiger charge is 2.20. The second kappa shape index (κ2) is 5.59. The third kappa shape index (κ3) is 3.15. The van der Waals surface area contributed by atoms with Crippen LogP contribution in [0.1, 0.15) is 18.9 Å². The maximum atomic E-state index is 9.88. The van der Waals surface area contributed by atoms with E-state index in [1.165, 1.54) is 6.42 Å². The Hall–Kier alpha value is -1.26. The second-order valence-corrected chi connectivity index (χ2v) is 5.32. The van der Waals surface area contributed by atoms with Gasteiger partial charge in [-0.2, -0.15) is 0 Å². The molecule has 18 heavy (non-hydrogen) atoms. The Kier molecular flexibility index (Phi) is 4.09. The summed E-state index contributed by atoms with van der Waals surface area (Å²) in [5, 5.41) is 9.88. The van der Waals surface area contributed by atoms with E-state index in [0.29, 0.717) is 17.5 Å². The summed E-state index contributed by atoms with van der Waals surface area (Å²) in [7, 11) is 2.16. The molecule has 1 atom stereocenters. The molecule has 3 N–H and O–H groups in total. The van der Waals surface area contributed by atoms with E-state index in [0.717, 1.165) is 31.7 Å². The molecule has 1 aliphatic rings. The number of benzene rings is 1. The van der Waals surface area contributed by atoms with Gasteiger partial charge in [-0.1, -0.05) is 0 Å². The average Bonchev–Trinajstić information content (AvgIpc) is 2.46. The first-order chi connectivity index (χ1) is 8.56. The van der Waals surface area contributed by atoms with Crippen LogP contribution in [0.25, 0.3) is 0 Å². The Labute approximate surface area is 109 Å². The van der Waals surface area contributed by atoms with E-state index in [1.807, 2.05) is 6.07 Å². The monoisotopic (exact) mass is 249 g/mol. The van der Waals surface area contributed by atoms with E-state index in [4.69, 9.17) is 5.73 Å². The van der Waals surface area contributed by atoms with E-state index < -0.39 is 0 Å². The van der Waals surface area contributed by atoms with Crippen LogP contribution >= 0.6 is 0 Å². The lowest BCUT2D eigenvalue weighted by atomic mass is 10.1. The highest BCUT2D eigenvalue weighted by atomic mass is 16.3. The highest BCUT2D eigenvalue weighted by Crippen LogP contribution is 2.23. The first-order valence-corrected chi connectivity index (χ1v) is 6.56. The lowest BCUT2D eigenvalue weighted by Crippen LogP contribution is -2.37. The van der Waals surface area contributed by atoms with Gasteiger partial charge >= 0.3 is 0 Å². The van der Waals surface area contributed by atoms with Crippen molar-refractivity contribution >= 4 is 5.69 Å². The van der Waals surface area contributed by atoms with Gasteiger partial charge in [0.25, 0.3) is 0 Å². The summed E-state index contributed by atoms with van der Waals surface area (Å²) in [5.74, 6) is 0.342. The number of anilines is 1. The van der Waals surface area contributed by atoms with E-state index in [2.05, 4.69) is 23.8 Å². The molecule has 1 aromatic carbocycles. The SMILES string of the molecule is CC1CN(C)CCCN1Cc1cc(N)ccc1O. The van der Waals surface area contributed by atoms with Crippen molar-refractivity contribution in [3.8, 4) is 5.75 Å². The summed E-state index contributed by atoms with van der Waals surface area (Å²) < 4.78 is 0. The summed E-state index contributed by atoms with van der Waals surface area (Å²) in [4.78, 5) is 4.78. The molecular formula is C14H23N3O. The van der Waals surface area contributed by atoms with Crippen LogP contribution < -0.4 is 5.73 Å². The number of phenols is 1. The quantitative estimate of drug-likeness (QED) is 0.616. The molecule has 0 spiro atoms. The van der Waals surface area contributed by atoms with Crippen LogP contribution in [-0.2, 0) is 6.54 Å². The molecular weight excluding hydrogens is 226 g/mol. The van der Waals surface area contributed by atoms with E-state index >= 15 is 0 Å². The van der Waals surface area contributed by atoms with Crippen LogP contribution in [0.5, 0.6) is 5.75 Å². The summed E-state index contributed by atoms with van der Waals surface area (Å²) in [6.45, 7) is 6.30. The molecule has 1 fully saturated rings. The standard InChI is InChI=1S/C14H23N3O/c1-11-9-16(2)6-3-7-17(11)10-12-8-13(15)4-5-14(12)18/h4-5,8,11,18H,3,6-7,9-10,15H2,1-2H3. The topological polar surface area (TPSA) is 52.7 Å². The molecule has 1 unspecified atom stereocenters. The van der Waals surface area contributed by atoms with Crippen molar-refractivity contribution in [1.82, 2.24) is 9.80 Å². The maximum Gasteiger partial charge on any atom is 0.120 e. The number of hydrogen-bond acceptors (Lipinski definition) is 4. The number of hydrogen-bond donors (Lipinski definition) is 2. The zero-order valence-electron chi connectivity index (χ0n) is 11.3. The molecule has 1 heterocycles. The Morgan fingerprint density at radius 2 is 2.17 bits per heavy atom. The van der Waals surface area contributed by atoms with Gasteiger partial charge in [-0.3, -0.25) is 4.90 Å². The van der Waals surface area contributed by atoms with Crippen molar-refractivity contribution in [2.45, 2.75) is 25.9 Å². The predicted octanol–water partition coefficient (Wildman–Crippen LogP) is 1.50. The first kappa shape index (κ1) is 13.2. The van der Waals surface area contributed by atoms with Gasteiger partial charge in [-0.05, 0) is 45.1 Å². The summed E-state index contributed by atoms with van der Waals surface area (Å²) in [6, 6.07) is 5.78. The van der Waals surface area contributed by atoms with Gasteiger partial charge in [0.1, 0.15) is 5.75 Å². The fourth-order valence-electron chi connectivity index (χ4n) is 2.61. The zero-order chi connectivity index (χ0) is 13.1. The van der Waals surface area contributed by atoms with Gasteiger partial charge in [0, 0.05) is 36.9 Å². The first-order valence-electron chi connectivity index (χ1n) is 6.56. The van der Waals surface area contributed by atoms with E-state index in [9.17, 15) is 5.11 Å². The van der Waals surface area contributed by atoms with E-state index in [-0.39, 0.29) is 0 Å². The maximum absolute atomic E-state index is 9.88. The van der Waals surface area contributed by atoms with Gasteiger partial charge in [0.15, 0.2) is 0 Å². The van der Waals surface area contributed by atoms with Crippen molar-refractivity contribution < 1.29 is 5.11 Å². The Bertz CT molecular complexity index is 408. The molecule has 4 nitrogen and oxygen atoms in total. The third-order valence-corrected chi connectivity index (χ3v) is 3.66. The van der Waals surface area contributed by atoms with Gasteiger partial charge in [-0.15, -0.1) is 0 Å². The van der Waals surface area contributed by atoms with Crippen molar-refractivity contribution in [2.75, 3.05) is 32.4 Å².